The van der Waals surface area contributed by atoms with Crippen molar-refractivity contribution >= 4 is 17.4 Å². The number of nitrogens with one attached hydrogen (secondary N) is 2. The molecule has 1 aromatic rings. The van der Waals surface area contributed by atoms with Crippen molar-refractivity contribution in [1.29, 1.82) is 0 Å². The summed E-state index contributed by atoms with van der Waals surface area (Å²) in [6.07, 6.45) is 0. The number of aryl methyl sites for hydroxylation is 1. The molecule has 2 N–H and O–H groups in total. The topological polar surface area (TPSA) is 56.8 Å². The molecule has 0 atom stereocenters. The van der Waals surface area contributed by atoms with Gasteiger partial charge in [-0.1, -0.05) is 0 Å². The quantitative estimate of drug-likeness (QED) is 0.803. The molecule has 0 aromatic heterocycles. The summed E-state index contributed by atoms with van der Waals surface area (Å²) in [6, 6.07) is 6.01. The van der Waals surface area contributed by atoms with Crippen LogP contribution in [0.1, 0.15) is 19.4 Å². The number of amides is 2. The van der Waals surface area contributed by atoms with Crippen molar-refractivity contribution in [2.75, 3.05) is 62.7 Å². The van der Waals surface area contributed by atoms with E-state index in [1.807, 2.05) is 13.0 Å². The number of morpholine rings is 1. The summed E-state index contributed by atoms with van der Waals surface area (Å²) in [6.45, 7) is 13.2. The monoisotopic (exact) mass is 334 g/mol. The van der Waals surface area contributed by atoms with E-state index in [2.05, 4.69) is 46.4 Å². The van der Waals surface area contributed by atoms with Gasteiger partial charge in [0.15, 0.2) is 0 Å². The Morgan fingerprint density at radius 1 is 1.25 bits per heavy atom. The van der Waals surface area contributed by atoms with E-state index in [1.54, 1.807) is 0 Å². The molecule has 2 amide bonds. The number of ether oxygens (including phenoxy) is 1. The molecule has 0 bridgehead atoms. The highest BCUT2D eigenvalue weighted by molar-refractivity contribution is 5.90. The van der Waals surface area contributed by atoms with E-state index in [1.165, 1.54) is 5.69 Å². The van der Waals surface area contributed by atoms with Crippen LogP contribution < -0.4 is 15.5 Å². The van der Waals surface area contributed by atoms with Crippen LogP contribution in [0.3, 0.4) is 0 Å². The summed E-state index contributed by atoms with van der Waals surface area (Å²) in [4.78, 5) is 16.7. The summed E-state index contributed by atoms with van der Waals surface area (Å²) in [7, 11) is 0. The van der Waals surface area contributed by atoms with Crippen LogP contribution in [-0.4, -0.2) is 63.4 Å². The molecule has 0 radical (unpaired) electrons. The molecule has 1 aliphatic rings. The smallest absolute Gasteiger partial charge is 0.319 e. The van der Waals surface area contributed by atoms with Gasteiger partial charge in [-0.05, 0) is 44.5 Å². The first-order chi connectivity index (χ1) is 11.6. The fraction of sp³-hybridized carbons (Fsp3) is 0.611. The molecule has 0 unspecified atom stereocenters. The third-order valence-corrected chi connectivity index (χ3v) is 4.40. The molecule has 1 aromatic carbocycles. The molecular formula is C18H30N4O2. The number of carbonyl (C=O) groups is 1. The third-order valence-electron chi connectivity index (χ3n) is 4.40. The third kappa shape index (κ3) is 5.39. The van der Waals surface area contributed by atoms with Gasteiger partial charge in [0.25, 0.3) is 0 Å². The summed E-state index contributed by atoms with van der Waals surface area (Å²) in [5.74, 6) is 0. The Hall–Kier alpha value is -1.79. The molecule has 6 nitrogen and oxygen atoms in total. The van der Waals surface area contributed by atoms with E-state index < -0.39 is 0 Å². The van der Waals surface area contributed by atoms with Gasteiger partial charge in [0.1, 0.15) is 0 Å². The van der Waals surface area contributed by atoms with Crippen molar-refractivity contribution in [3.05, 3.63) is 23.8 Å². The lowest BCUT2D eigenvalue weighted by atomic mass is 10.1. The Morgan fingerprint density at radius 3 is 2.58 bits per heavy atom. The fourth-order valence-electron chi connectivity index (χ4n) is 2.89. The van der Waals surface area contributed by atoms with Gasteiger partial charge >= 0.3 is 6.03 Å². The van der Waals surface area contributed by atoms with Crippen molar-refractivity contribution in [2.24, 2.45) is 0 Å². The molecule has 134 valence electrons. The van der Waals surface area contributed by atoms with E-state index in [-0.39, 0.29) is 6.03 Å². The summed E-state index contributed by atoms with van der Waals surface area (Å²) in [5, 5.41) is 5.86. The molecule has 24 heavy (non-hydrogen) atoms. The van der Waals surface area contributed by atoms with E-state index in [4.69, 9.17) is 4.74 Å². The molecule has 1 fully saturated rings. The first kappa shape index (κ1) is 18.5. The van der Waals surface area contributed by atoms with E-state index in [0.717, 1.165) is 57.2 Å². The Labute approximate surface area is 145 Å². The molecular weight excluding hydrogens is 304 g/mol. The Kier molecular flexibility index (Phi) is 7.34. The SMILES string of the molecule is CCN(CC)c1ccc(NC(=O)NCCN2CCOCC2)c(C)c1. The normalized spacial score (nSPS) is 15.1. The average molecular weight is 334 g/mol. The Balaban J connectivity index is 1.80. The molecule has 1 heterocycles. The zero-order valence-corrected chi connectivity index (χ0v) is 15.1. The summed E-state index contributed by atoms with van der Waals surface area (Å²) >= 11 is 0. The molecule has 6 heteroatoms. The van der Waals surface area contributed by atoms with Gasteiger partial charge in [-0.15, -0.1) is 0 Å². The van der Waals surface area contributed by atoms with Crippen LogP contribution in [0.15, 0.2) is 18.2 Å². The number of carbonyl (C=O) groups excluding carboxylic acids is 1. The average Bonchev–Trinajstić information content (AvgIpc) is 2.59. The van der Waals surface area contributed by atoms with Crippen LogP contribution in [0.2, 0.25) is 0 Å². The maximum absolute atomic E-state index is 12.1. The highest BCUT2D eigenvalue weighted by atomic mass is 16.5. The second-order valence-electron chi connectivity index (χ2n) is 6.01. The van der Waals surface area contributed by atoms with Crippen LogP contribution in [-0.2, 0) is 4.74 Å². The zero-order valence-electron chi connectivity index (χ0n) is 15.1. The predicted molar refractivity (Wildman–Crippen MR) is 99.0 cm³/mol. The minimum atomic E-state index is -0.151. The molecule has 1 aliphatic heterocycles. The van der Waals surface area contributed by atoms with E-state index in [0.29, 0.717) is 6.54 Å². The van der Waals surface area contributed by atoms with Crippen molar-refractivity contribution in [3.8, 4) is 0 Å². The predicted octanol–water partition coefficient (Wildman–Crippen LogP) is 2.29. The largest absolute Gasteiger partial charge is 0.379 e. The number of urea groups is 1. The zero-order chi connectivity index (χ0) is 17.4. The van der Waals surface area contributed by atoms with Gasteiger partial charge in [0.05, 0.1) is 13.2 Å². The van der Waals surface area contributed by atoms with Crippen molar-refractivity contribution in [1.82, 2.24) is 10.2 Å². The highest BCUT2D eigenvalue weighted by Crippen LogP contribution is 2.22. The maximum atomic E-state index is 12.1. The summed E-state index contributed by atoms with van der Waals surface area (Å²) < 4.78 is 5.32. The lowest BCUT2D eigenvalue weighted by Crippen LogP contribution is -2.42. The Morgan fingerprint density at radius 2 is 1.96 bits per heavy atom. The molecule has 0 saturated carbocycles. The van der Waals surface area contributed by atoms with Crippen LogP contribution >= 0.6 is 0 Å². The second kappa shape index (κ2) is 9.49. The van der Waals surface area contributed by atoms with E-state index >= 15 is 0 Å². The van der Waals surface area contributed by atoms with Crippen molar-refractivity contribution in [2.45, 2.75) is 20.8 Å². The van der Waals surface area contributed by atoms with E-state index in [9.17, 15) is 4.79 Å². The number of anilines is 2. The highest BCUT2D eigenvalue weighted by Gasteiger charge is 2.11. The van der Waals surface area contributed by atoms with Crippen LogP contribution in [0.5, 0.6) is 0 Å². The van der Waals surface area contributed by atoms with Crippen LogP contribution in [0, 0.1) is 6.92 Å². The minimum absolute atomic E-state index is 0.151. The molecule has 0 aliphatic carbocycles. The lowest BCUT2D eigenvalue weighted by Gasteiger charge is -2.26. The molecule has 2 rings (SSSR count). The van der Waals surface area contributed by atoms with Gasteiger partial charge < -0.3 is 20.3 Å². The lowest BCUT2D eigenvalue weighted by molar-refractivity contribution is 0.0388. The first-order valence-corrected chi connectivity index (χ1v) is 8.84. The van der Waals surface area contributed by atoms with Gasteiger partial charge in [0.2, 0.25) is 0 Å². The second-order valence-corrected chi connectivity index (χ2v) is 6.01. The minimum Gasteiger partial charge on any atom is -0.379 e. The van der Waals surface area contributed by atoms with Crippen molar-refractivity contribution < 1.29 is 9.53 Å². The number of nitrogens with zero attached hydrogens (tertiary/aromatic N) is 2. The first-order valence-electron chi connectivity index (χ1n) is 8.84. The maximum Gasteiger partial charge on any atom is 0.319 e. The number of hydrogen-bond acceptors (Lipinski definition) is 4. The fourth-order valence-corrected chi connectivity index (χ4v) is 2.89. The van der Waals surface area contributed by atoms with Gasteiger partial charge in [-0.25, -0.2) is 4.79 Å². The van der Waals surface area contributed by atoms with Gasteiger partial charge in [0, 0.05) is 50.6 Å². The van der Waals surface area contributed by atoms with Gasteiger partial charge in [-0.2, -0.15) is 0 Å². The standard InChI is InChI=1S/C18H30N4O2/c1-4-22(5-2)16-6-7-17(15(3)14-16)20-18(23)19-8-9-21-10-12-24-13-11-21/h6-7,14H,4-5,8-13H2,1-3H3,(H2,19,20,23). The Bertz CT molecular complexity index is 526. The number of rotatable bonds is 7. The van der Waals surface area contributed by atoms with Crippen LogP contribution in [0.25, 0.3) is 0 Å². The molecule has 0 spiro atoms. The van der Waals surface area contributed by atoms with Crippen LogP contribution in [0.4, 0.5) is 16.2 Å². The number of benzene rings is 1. The van der Waals surface area contributed by atoms with Gasteiger partial charge in [-0.3, -0.25) is 4.90 Å². The number of hydrogen-bond donors (Lipinski definition) is 2. The van der Waals surface area contributed by atoms with Crippen molar-refractivity contribution in [3.63, 3.8) is 0 Å². The summed E-state index contributed by atoms with van der Waals surface area (Å²) in [5.41, 5.74) is 3.12. The molecule has 1 saturated heterocycles.